The number of carbonyl (C=O) groups excluding carboxylic acids is 1. The molecule has 0 atom stereocenters. The van der Waals surface area contributed by atoms with Gasteiger partial charge in [0.15, 0.2) is 5.65 Å². The lowest BCUT2D eigenvalue weighted by Gasteiger charge is -2.30. The summed E-state index contributed by atoms with van der Waals surface area (Å²) in [4.78, 5) is 31.4. The molecule has 0 aliphatic carbocycles. The Morgan fingerprint density at radius 3 is 3.00 bits per heavy atom. The number of anilines is 1. The van der Waals surface area contributed by atoms with Crippen LogP contribution in [0.3, 0.4) is 0 Å². The second-order valence-corrected chi connectivity index (χ2v) is 6.64. The molecule has 0 unspecified atom stereocenters. The normalized spacial score (nSPS) is 13.6. The molecule has 3 aromatic rings. The maximum Gasteiger partial charge on any atom is 0.264 e. The lowest BCUT2D eigenvalue weighted by Crippen LogP contribution is -2.36. The Labute approximate surface area is 156 Å². The van der Waals surface area contributed by atoms with Crippen molar-refractivity contribution in [3.63, 3.8) is 0 Å². The van der Waals surface area contributed by atoms with Crippen molar-refractivity contribution in [1.29, 1.82) is 0 Å². The first-order chi connectivity index (χ1) is 13.1. The van der Waals surface area contributed by atoms with E-state index in [2.05, 4.69) is 10.1 Å². The molecule has 27 heavy (non-hydrogen) atoms. The van der Waals surface area contributed by atoms with Crippen LogP contribution in [0, 0.1) is 0 Å². The number of hydrogen-bond donors (Lipinski definition) is 0. The summed E-state index contributed by atoms with van der Waals surface area (Å²) in [7, 11) is 3.38. The fourth-order valence-corrected chi connectivity index (χ4v) is 3.54. The fourth-order valence-electron chi connectivity index (χ4n) is 3.54. The van der Waals surface area contributed by atoms with Crippen LogP contribution in [0.15, 0.2) is 35.5 Å². The topological polar surface area (TPSA) is 82.2 Å². The molecule has 0 saturated carbocycles. The Hall–Kier alpha value is -3.16. The molecule has 0 N–H and O–H groups in total. The molecule has 0 bridgehead atoms. The molecular formula is C19H21N5O3. The van der Waals surface area contributed by atoms with Crippen LogP contribution in [-0.2, 0) is 24.8 Å². The van der Waals surface area contributed by atoms with E-state index in [9.17, 15) is 9.59 Å². The maximum atomic E-state index is 12.8. The number of aryl methyl sites for hydroxylation is 3. The first-order valence-electron chi connectivity index (χ1n) is 8.93. The Bertz CT molecular complexity index is 1070. The molecule has 3 heterocycles. The summed E-state index contributed by atoms with van der Waals surface area (Å²) < 4.78 is 8.31. The first-order valence-corrected chi connectivity index (χ1v) is 8.93. The van der Waals surface area contributed by atoms with Gasteiger partial charge in [0, 0.05) is 32.2 Å². The second kappa shape index (κ2) is 6.86. The van der Waals surface area contributed by atoms with Crippen molar-refractivity contribution < 1.29 is 9.53 Å². The Morgan fingerprint density at radius 2 is 2.19 bits per heavy atom. The summed E-state index contributed by atoms with van der Waals surface area (Å²) >= 11 is 0. The van der Waals surface area contributed by atoms with Crippen molar-refractivity contribution in [2.24, 2.45) is 7.05 Å². The number of methoxy groups -OCH3 is 1. The molecule has 1 aliphatic rings. The van der Waals surface area contributed by atoms with Gasteiger partial charge in [-0.15, -0.1) is 0 Å². The van der Waals surface area contributed by atoms with Gasteiger partial charge in [0.2, 0.25) is 5.91 Å². The predicted octanol–water partition coefficient (Wildman–Crippen LogP) is 1.51. The zero-order valence-electron chi connectivity index (χ0n) is 15.4. The van der Waals surface area contributed by atoms with E-state index in [1.807, 2.05) is 18.2 Å². The number of carbonyl (C=O) groups is 1. The summed E-state index contributed by atoms with van der Waals surface area (Å²) in [5, 5.41) is 4.52. The van der Waals surface area contributed by atoms with E-state index in [4.69, 9.17) is 4.74 Å². The average Bonchev–Trinajstić information content (AvgIpc) is 3.08. The SMILES string of the molecule is COc1ccc2c(c1)CCCN2C(=O)CCn1cnc2c(cnn2C)c1=O. The average molecular weight is 367 g/mol. The van der Waals surface area contributed by atoms with E-state index in [1.165, 1.54) is 17.1 Å². The molecule has 0 saturated heterocycles. The Kier molecular flexibility index (Phi) is 4.39. The second-order valence-electron chi connectivity index (χ2n) is 6.64. The summed E-state index contributed by atoms with van der Waals surface area (Å²) in [5.41, 5.74) is 2.41. The highest BCUT2D eigenvalue weighted by molar-refractivity contribution is 5.94. The zero-order valence-corrected chi connectivity index (χ0v) is 15.4. The minimum absolute atomic E-state index is 0.000648. The van der Waals surface area contributed by atoms with Gasteiger partial charge in [0.25, 0.3) is 5.56 Å². The molecule has 1 aromatic carbocycles. The standard InChI is InChI=1S/C19H21N5O3/c1-22-18-15(11-21-22)19(26)23(12-20-18)9-7-17(25)24-8-3-4-13-10-14(27-2)5-6-16(13)24/h5-6,10-12H,3-4,7-9H2,1-2H3. The van der Waals surface area contributed by atoms with Gasteiger partial charge in [0.1, 0.15) is 11.1 Å². The van der Waals surface area contributed by atoms with Crippen molar-refractivity contribution in [2.45, 2.75) is 25.8 Å². The highest BCUT2D eigenvalue weighted by Gasteiger charge is 2.23. The van der Waals surface area contributed by atoms with Crippen LogP contribution in [-0.4, -0.2) is 38.9 Å². The Balaban J connectivity index is 1.52. The molecule has 0 radical (unpaired) electrons. The van der Waals surface area contributed by atoms with E-state index in [0.717, 1.165) is 29.8 Å². The van der Waals surface area contributed by atoms with Gasteiger partial charge in [0.05, 0.1) is 19.6 Å². The highest BCUT2D eigenvalue weighted by atomic mass is 16.5. The van der Waals surface area contributed by atoms with E-state index < -0.39 is 0 Å². The van der Waals surface area contributed by atoms with Crippen molar-refractivity contribution in [2.75, 3.05) is 18.6 Å². The number of aromatic nitrogens is 4. The third kappa shape index (κ3) is 3.07. The largest absolute Gasteiger partial charge is 0.497 e. The number of fused-ring (bicyclic) bond motifs is 2. The smallest absolute Gasteiger partial charge is 0.264 e. The monoisotopic (exact) mass is 367 g/mol. The minimum Gasteiger partial charge on any atom is -0.497 e. The third-order valence-corrected chi connectivity index (χ3v) is 4.99. The van der Waals surface area contributed by atoms with Crippen LogP contribution >= 0.6 is 0 Å². The quantitative estimate of drug-likeness (QED) is 0.698. The molecular weight excluding hydrogens is 346 g/mol. The third-order valence-electron chi connectivity index (χ3n) is 4.99. The van der Waals surface area contributed by atoms with Crippen LogP contribution in [0.2, 0.25) is 0 Å². The van der Waals surface area contributed by atoms with Gasteiger partial charge >= 0.3 is 0 Å². The molecule has 2 aromatic heterocycles. The number of nitrogens with zero attached hydrogens (tertiary/aromatic N) is 5. The van der Waals surface area contributed by atoms with Crippen LogP contribution in [0.5, 0.6) is 5.75 Å². The molecule has 140 valence electrons. The molecule has 8 nitrogen and oxygen atoms in total. The van der Waals surface area contributed by atoms with Gasteiger partial charge in [-0.05, 0) is 36.6 Å². The van der Waals surface area contributed by atoms with E-state index in [0.29, 0.717) is 17.6 Å². The lowest BCUT2D eigenvalue weighted by molar-refractivity contribution is -0.118. The molecule has 1 amide bonds. The molecule has 4 rings (SSSR count). The zero-order chi connectivity index (χ0) is 19.0. The fraction of sp³-hybridized carbons (Fsp3) is 0.368. The molecule has 8 heteroatoms. The van der Waals surface area contributed by atoms with Crippen molar-refractivity contribution in [1.82, 2.24) is 19.3 Å². The number of amides is 1. The number of benzene rings is 1. The van der Waals surface area contributed by atoms with Gasteiger partial charge in [-0.3, -0.25) is 18.8 Å². The van der Waals surface area contributed by atoms with Crippen LogP contribution < -0.4 is 15.2 Å². The number of ether oxygens (including phenoxy) is 1. The van der Waals surface area contributed by atoms with Gasteiger partial charge < -0.3 is 9.64 Å². The lowest BCUT2D eigenvalue weighted by atomic mass is 10.0. The predicted molar refractivity (Wildman–Crippen MR) is 101 cm³/mol. The first kappa shape index (κ1) is 17.3. The molecule has 0 spiro atoms. The van der Waals surface area contributed by atoms with Gasteiger partial charge in [-0.1, -0.05) is 0 Å². The van der Waals surface area contributed by atoms with Crippen LogP contribution in [0.1, 0.15) is 18.4 Å². The molecule has 0 fully saturated rings. The van der Waals surface area contributed by atoms with Crippen molar-refractivity contribution in [3.8, 4) is 5.75 Å². The van der Waals surface area contributed by atoms with E-state index in [1.54, 1.807) is 23.7 Å². The van der Waals surface area contributed by atoms with E-state index >= 15 is 0 Å². The molecule has 1 aliphatic heterocycles. The highest BCUT2D eigenvalue weighted by Crippen LogP contribution is 2.30. The van der Waals surface area contributed by atoms with Crippen molar-refractivity contribution in [3.05, 3.63) is 46.6 Å². The number of rotatable bonds is 4. The van der Waals surface area contributed by atoms with Crippen LogP contribution in [0.4, 0.5) is 5.69 Å². The van der Waals surface area contributed by atoms with E-state index in [-0.39, 0.29) is 24.4 Å². The Morgan fingerprint density at radius 1 is 1.33 bits per heavy atom. The summed E-state index contributed by atoms with van der Waals surface area (Å²) in [6, 6.07) is 5.79. The van der Waals surface area contributed by atoms with Gasteiger partial charge in [-0.25, -0.2) is 4.98 Å². The summed E-state index contributed by atoms with van der Waals surface area (Å²) in [5.74, 6) is 0.796. The minimum atomic E-state index is -0.176. The van der Waals surface area contributed by atoms with Gasteiger partial charge in [-0.2, -0.15) is 5.10 Å². The number of hydrogen-bond acceptors (Lipinski definition) is 5. The van der Waals surface area contributed by atoms with Crippen molar-refractivity contribution >= 4 is 22.6 Å². The summed E-state index contributed by atoms with van der Waals surface area (Å²) in [6.07, 6.45) is 5.07. The van der Waals surface area contributed by atoms with Crippen LogP contribution in [0.25, 0.3) is 11.0 Å². The summed E-state index contributed by atoms with van der Waals surface area (Å²) in [6.45, 7) is 0.977. The maximum absolute atomic E-state index is 12.8.